The van der Waals surface area contributed by atoms with Gasteiger partial charge >= 0.3 is 0 Å². The summed E-state index contributed by atoms with van der Waals surface area (Å²) in [6, 6.07) is 2.62. The van der Waals surface area contributed by atoms with Crippen LogP contribution in [0.25, 0.3) is 0 Å². The Bertz CT molecular complexity index is 1050. The summed E-state index contributed by atoms with van der Waals surface area (Å²) < 4.78 is 27.8. The molecule has 5 aliphatic rings. The first-order valence-electron chi connectivity index (χ1n) is 13.6. The molecule has 6 rings (SSSR count). The first-order valence-corrected chi connectivity index (χ1v) is 13.6. The second-order valence-electron chi connectivity index (χ2n) is 13.1. The minimum Gasteiger partial charge on any atom is -0.390 e. The molecular weight excluding hydrogens is 448 g/mol. The van der Waals surface area contributed by atoms with Crippen LogP contribution in [0.3, 0.4) is 0 Å². The Morgan fingerprint density at radius 1 is 1.03 bits per heavy atom. The van der Waals surface area contributed by atoms with Crippen LogP contribution in [-0.2, 0) is 4.79 Å². The topological polar surface area (TPSA) is 64.6 Å². The van der Waals surface area contributed by atoms with E-state index in [0.717, 1.165) is 44.6 Å². The van der Waals surface area contributed by atoms with E-state index in [1.807, 2.05) is 6.92 Å². The van der Waals surface area contributed by atoms with Gasteiger partial charge < -0.3 is 5.11 Å². The number of benzene rings is 1. The number of nitrogens with one attached hydrogen (secondary N) is 2. The Balaban J connectivity index is 1.19. The van der Waals surface area contributed by atoms with Gasteiger partial charge in [0.1, 0.15) is 5.69 Å². The van der Waals surface area contributed by atoms with Gasteiger partial charge in [-0.15, -0.1) is 5.53 Å². The zero-order chi connectivity index (χ0) is 24.8. The molecule has 4 aliphatic carbocycles. The van der Waals surface area contributed by atoms with Crippen molar-refractivity contribution >= 4 is 17.2 Å². The maximum Gasteiger partial charge on any atom is 0.185 e. The number of carbonyl (C=O) groups excluding carboxylic acids is 1. The zero-order valence-electron chi connectivity index (χ0n) is 21.2. The first-order chi connectivity index (χ1) is 16.5. The average molecular weight is 488 g/mol. The summed E-state index contributed by atoms with van der Waals surface area (Å²) in [5.41, 5.74) is 5.87. The average Bonchev–Trinajstić information content (AvgIpc) is 3.37. The van der Waals surface area contributed by atoms with E-state index < -0.39 is 17.2 Å². The third kappa shape index (κ3) is 3.47. The van der Waals surface area contributed by atoms with Crippen molar-refractivity contribution in [1.29, 1.82) is 0 Å². The van der Waals surface area contributed by atoms with Gasteiger partial charge in [-0.3, -0.25) is 15.2 Å². The third-order valence-electron chi connectivity index (χ3n) is 11.3. The van der Waals surface area contributed by atoms with E-state index in [4.69, 9.17) is 0 Å². The number of hydrogen-bond donors (Lipinski definition) is 3. The standard InChI is InChI=1S/C28H39F2N3O2/c1-26(35)12-13-27(2)16(14-26)4-5-17-18-6-7-20(28(18,3)11-10-19(17)27)23(34)15-33-22-9-8-21(29)24(30)25(22)31-32-33/h8-9,16-20,31-32,35H,4-7,10-15H2,1-3H3/t16-,17?,18+,19+,20-,26-,27+,28+/m1/s1. The maximum absolute atomic E-state index is 14.1. The number of ketones is 1. The molecular formula is C28H39F2N3O2. The Kier molecular flexibility index (Phi) is 5.33. The summed E-state index contributed by atoms with van der Waals surface area (Å²) in [4.78, 5) is 13.6. The van der Waals surface area contributed by atoms with Gasteiger partial charge in [-0.1, -0.05) is 13.8 Å². The lowest BCUT2D eigenvalue weighted by molar-refractivity contribution is -0.150. The quantitative estimate of drug-likeness (QED) is 0.518. The van der Waals surface area contributed by atoms with Crippen molar-refractivity contribution in [3.63, 3.8) is 0 Å². The third-order valence-corrected chi connectivity index (χ3v) is 11.3. The molecule has 8 atom stereocenters. The lowest BCUT2D eigenvalue weighted by Crippen LogP contribution is -2.56. The van der Waals surface area contributed by atoms with E-state index >= 15 is 0 Å². The summed E-state index contributed by atoms with van der Waals surface area (Å²) in [6.45, 7) is 7.00. The number of Topliss-reactive ketones (excluding diaryl/α,β-unsaturated/α-hetero) is 1. The van der Waals surface area contributed by atoms with Crippen molar-refractivity contribution in [2.75, 3.05) is 17.0 Å². The van der Waals surface area contributed by atoms with Crippen LogP contribution in [0.5, 0.6) is 0 Å². The van der Waals surface area contributed by atoms with Gasteiger partial charge in [0.15, 0.2) is 17.4 Å². The van der Waals surface area contributed by atoms with Crippen molar-refractivity contribution < 1.29 is 18.7 Å². The number of hydrazine groups is 2. The van der Waals surface area contributed by atoms with Crippen LogP contribution in [0.4, 0.5) is 20.2 Å². The second-order valence-corrected chi connectivity index (χ2v) is 13.1. The SMILES string of the molecule is C[C@@]1(O)CC[C@@]2(C)[C@H](CCC3[C@@H]2CC[C@]2(C)[C@@H](C(=O)CN4NNc5c4ccc(F)c5F)CC[C@@H]32)C1. The molecule has 1 aromatic carbocycles. The molecule has 0 radical (unpaired) electrons. The predicted molar refractivity (Wildman–Crippen MR) is 131 cm³/mol. The molecule has 1 aromatic rings. The number of anilines is 2. The van der Waals surface area contributed by atoms with Crippen molar-refractivity contribution in [3.05, 3.63) is 23.8 Å². The summed E-state index contributed by atoms with van der Waals surface area (Å²) in [6.07, 6.45) is 9.64. The summed E-state index contributed by atoms with van der Waals surface area (Å²) in [7, 11) is 0. The lowest BCUT2D eigenvalue weighted by Gasteiger charge is -2.61. The van der Waals surface area contributed by atoms with Crippen LogP contribution in [0.15, 0.2) is 12.1 Å². The molecule has 192 valence electrons. The number of nitrogens with zero attached hydrogens (tertiary/aromatic N) is 1. The van der Waals surface area contributed by atoms with Crippen molar-refractivity contribution in [1.82, 2.24) is 5.53 Å². The molecule has 7 heteroatoms. The van der Waals surface area contributed by atoms with Crippen LogP contribution in [0.2, 0.25) is 0 Å². The highest BCUT2D eigenvalue weighted by atomic mass is 19.2. The molecule has 0 saturated heterocycles. The minimum atomic E-state index is -0.926. The molecule has 5 nitrogen and oxygen atoms in total. The van der Waals surface area contributed by atoms with Crippen molar-refractivity contribution in [2.24, 2.45) is 40.4 Å². The number of rotatable bonds is 3. The van der Waals surface area contributed by atoms with E-state index in [1.54, 1.807) is 5.01 Å². The van der Waals surface area contributed by atoms with Gasteiger partial charge in [0.05, 0.1) is 17.8 Å². The summed E-state index contributed by atoms with van der Waals surface area (Å²) >= 11 is 0. The molecule has 4 saturated carbocycles. The number of carbonyl (C=O) groups is 1. The van der Waals surface area contributed by atoms with Crippen LogP contribution in [0, 0.1) is 52.1 Å². The highest BCUT2D eigenvalue weighted by molar-refractivity contribution is 5.88. The van der Waals surface area contributed by atoms with Crippen molar-refractivity contribution in [3.8, 4) is 0 Å². The van der Waals surface area contributed by atoms with E-state index in [-0.39, 0.29) is 29.3 Å². The van der Waals surface area contributed by atoms with Crippen molar-refractivity contribution in [2.45, 2.75) is 84.2 Å². The maximum atomic E-state index is 14.1. The van der Waals surface area contributed by atoms with E-state index in [2.05, 4.69) is 24.8 Å². The minimum absolute atomic E-state index is 0.00205. The predicted octanol–water partition coefficient (Wildman–Crippen LogP) is 5.60. The number of hydrogen-bond acceptors (Lipinski definition) is 5. The molecule has 1 aliphatic heterocycles. The van der Waals surface area contributed by atoms with Crippen LogP contribution in [-0.4, -0.2) is 23.0 Å². The van der Waals surface area contributed by atoms with E-state index in [1.165, 1.54) is 25.3 Å². The summed E-state index contributed by atoms with van der Waals surface area (Å²) in [5, 5.41) is 12.3. The molecule has 1 unspecified atom stereocenters. The Labute approximate surface area is 207 Å². The Hall–Kier alpha value is -1.73. The van der Waals surface area contributed by atoms with Crippen LogP contribution >= 0.6 is 0 Å². The monoisotopic (exact) mass is 487 g/mol. The zero-order valence-corrected chi connectivity index (χ0v) is 21.2. The smallest absolute Gasteiger partial charge is 0.185 e. The van der Waals surface area contributed by atoms with Gasteiger partial charge in [-0.2, -0.15) is 0 Å². The molecule has 1 heterocycles. The van der Waals surface area contributed by atoms with E-state index in [9.17, 15) is 18.7 Å². The van der Waals surface area contributed by atoms with Gasteiger partial charge in [0, 0.05) is 5.92 Å². The number of aliphatic hydroxyl groups is 1. The fraction of sp³-hybridized carbons (Fsp3) is 0.750. The molecule has 3 N–H and O–H groups in total. The fourth-order valence-electron chi connectivity index (χ4n) is 9.42. The molecule has 4 fully saturated rings. The Morgan fingerprint density at radius 2 is 1.80 bits per heavy atom. The van der Waals surface area contributed by atoms with Crippen LogP contribution in [0.1, 0.15) is 78.6 Å². The second kappa shape index (κ2) is 7.88. The molecule has 0 aromatic heterocycles. The van der Waals surface area contributed by atoms with Gasteiger partial charge in [0.25, 0.3) is 0 Å². The number of halogens is 2. The number of fused-ring (bicyclic) bond motifs is 6. The van der Waals surface area contributed by atoms with Gasteiger partial charge in [0.2, 0.25) is 0 Å². The molecule has 0 spiro atoms. The summed E-state index contributed by atoms with van der Waals surface area (Å²) in [5.74, 6) is 0.895. The Morgan fingerprint density at radius 3 is 2.60 bits per heavy atom. The van der Waals surface area contributed by atoms with E-state index in [0.29, 0.717) is 34.8 Å². The molecule has 35 heavy (non-hydrogen) atoms. The van der Waals surface area contributed by atoms with Gasteiger partial charge in [-0.25, -0.2) is 8.78 Å². The fourth-order valence-corrected chi connectivity index (χ4v) is 9.42. The highest BCUT2D eigenvalue weighted by Gasteiger charge is 2.61. The largest absolute Gasteiger partial charge is 0.390 e. The lowest BCUT2D eigenvalue weighted by atomic mass is 9.44. The highest BCUT2D eigenvalue weighted by Crippen LogP contribution is 2.68. The van der Waals surface area contributed by atoms with Crippen LogP contribution < -0.4 is 16.0 Å². The molecule has 0 amide bonds. The normalized spacial score (nSPS) is 44.2. The molecule has 0 bridgehead atoms. The van der Waals surface area contributed by atoms with Gasteiger partial charge in [-0.05, 0) is 111 Å². The first kappa shape index (κ1) is 23.7.